The van der Waals surface area contributed by atoms with Gasteiger partial charge in [0.2, 0.25) is 5.91 Å². The molecule has 0 aliphatic rings. The van der Waals surface area contributed by atoms with E-state index in [1.165, 1.54) is 0 Å². The zero-order valence-electron chi connectivity index (χ0n) is 12.3. The van der Waals surface area contributed by atoms with Crippen molar-refractivity contribution in [2.45, 2.75) is 52.6 Å². The molecule has 0 bridgehead atoms. The van der Waals surface area contributed by atoms with Gasteiger partial charge >= 0.3 is 0 Å². The maximum absolute atomic E-state index is 11.9. The highest BCUT2D eigenvalue weighted by molar-refractivity contribution is 5.77. The molecule has 0 aliphatic heterocycles. The lowest BCUT2D eigenvalue weighted by atomic mass is 9.87. The van der Waals surface area contributed by atoms with Crippen LogP contribution in [0.5, 0.6) is 0 Å². The van der Waals surface area contributed by atoms with Crippen LogP contribution in [0.1, 0.15) is 52.1 Å². The van der Waals surface area contributed by atoms with Crippen molar-refractivity contribution < 1.29 is 4.79 Å². The minimum atomic E-state index is -0.0929. The van der Waals surface area contributed by atoms with Crippen LogP contribution in [0.2, 0.25) is 0 Å². The van der Waals surface area contributed by atoms with Gasteiger partial charge in [0.1, 0.15) is 0 Å². The number of pyridine rings is 1. The van der Waals surface area contributed by atoms with Gasteiger partial charge in [-0.15, -0.1) is 0 Å². The maximum atomic E-state index is 11.9. The molecular formula is C15H25N3O. The van der Waals surface area contributed by atoms with E-state index in [0.29, 0.717) is 6.42 Å². The molecular weight excluding hydrogens is 238 g/mol. The summed E-state index contributed by atoms with van der Waals surface area (Å²) in [6, 6.07) is 3.70. The molecule has 106 valence electrons. The van der Waals surface area contributed by atoms with E-state index in [9.17, 15) is 4.79 Å². The number of hydrogen-bond acceptors (Lipinski definition) is 3. The molecule has 0 fully saturated rings. The van der Waals surface area contributed by atoms with E-state index in [2.05, 4.69) is 31.1 Å². The summed E-state index contributed by atoms with van der Waals surface area (Å²) < 4.78 is 0. The first-order chi connectivity index (χ1) is 8.78. The first-order valence-corrected chi connectivity index (χ1v) is 6.73. The number of aromatic nitrogens is 1. The molecule has 4 nitrogen and oxygen atoms in total. The minimum Gasteiger partial charge on any atom is -0.350 e. The molecule has 1 rings (SSSR count). The molecule has 0 saturated heterocycles. The van der Waals surface area contributed by atoms with E-state index in [1.807, 2.05) is 19.1 Å². The smallest absolute Gasteiger partial charge is 0.222 e. The van der Waals surface area contributed by atoms with Crippen molar-refractivity contribution >= 4 is 5.91 Å². The molecule has 1 aromatic rings. The number of rotatable bonds is 5. The molecule has 0 saturated carbocycles. The highest BCUT2D eigenvalue weighted by atomic mass is 16.1. The van der Waals surface area contributed by atoms with Gasteiger partial charge in [-0.1, -0.05) is 20.8 Å². The second kappa shape index (κ2) is 6.66. The van der Waals surface area contributed by atoms with Crippen LogP contribution in [0.15, 0.2) is 24.5 Å². The second-order valence-corrected chi connectivity index (χ2v) is 6.30. The van der Waals surface area contributed by atoms with Gasteiger partial charge < -0.3 is 11.1 Å². The van der Waals surface area contributed by atoms with Crippen LogP contribution in [-0.2, 0) is 4.79 Å². The zero-order chi connectivity index (χ0) is 14.5. The third-order valence-corrected chi connectivity index (χ3v) is 2.91. The van der Waals surface area contributed by atoms with Gasteiger partial charge in [0.05, 0.1) is 6.04 Å². The molecule has 1 heterocycles. The monoisotopic (exact) mass is 263 g/mol. The number of amides is 1. The quantitative estimate of drug-likeness (QED) is 0.857. The number of carbonyl (C=O) groups is 1. The van der Waals surface area contributed by atoms with Crippen molar-refractivity contribution in [3.8, 4) is 0 Å². The lowest BCUT2D eigenvalue weighted by Crippen LogP contribution is -2.35. The van der Waals surface area contributed by atoms with E-state index in [4.69, 9.17) is 5.73 Å². The van der Waals surface area contributed by atoms with E-state index in [0.717, 1.165) is 12.0 Å². The van der Waals surface area contributed by atoms with Gasteiger partial charge in [-0.2, -0.15) is 0 Å². The Hall–Kier alpha value is -1.42. The fourth-order valence-electron chi connectivity index (χ4n) is 2.13. The van der Waals surface area contributed by atoms with Crippen LogP contribution in [0.25, 0.3) is 0 Å². The second-order valence-electron chi connectivity index (χ2n) is 6.30. The van der Waals surface area contributed by atoms with Crippen LogP contribution >= 0.6 is 0 Å². The molecule has 4 heteroatoms. The Morgan fingerprint density at radius 2 is 1.95 bits per heavy atom. The molecule has 0 spiro atoms. The van der Waals surface area contributed by atoms with Crippen molar-refractivity contribution in [2.75, 3.05) is 0 Å². The highest BCUT2D eigenvalue weighted by Gasteiger charge is 2.19. The molecule has 0 aromatic carbocycles. The summed E-state index contributed by atoms with van der Waals surface area (Å²) in [5, 5.41) is 2.97. The summed E-state index contributed by atoms with van der Waals surface area (Å²) in [6.07, 6.45) is 4.66. The number of hydrogen-bond donors (Lipinski definition) is 2. The number of carbonyl (C=O) groups excluding carboxylic acids is 1. The van der Waals surface area contributed by atoms with Gasteiger partial charge in [-0.3, -0.25) is 9.78 Å². The average Bonchev–Trinajstić information content (AvgIpc) is 2.27. The predicted octanol–water partition coefficient (Wildman–Crippen LogP) is 2.41. The summed E-state index contributed by atoms with van der Waals surface area (Å²) in [7, 11) is 0. The summed E-state index contributed by atoms with van der Waals surface area (Å²) in [5.74, 6) is 0.000984. The lowest BCUT2D eigenvalue weighted by Gasteiger charge is -2.23. The molecule has 1 aromatic heterocycles. The van der Waals surface area contributed by atoms with Crippen LogP contribution < -0.4 is 11.1 Å². The average molecular weight is 263 g/mol. The van der Waals surface area contributed by atoms with Crippen molar-refractivity contribution in [3.05, 3.63) is 30.1 Å². The van der Waals surface area contributed by atoms with Crippen LogP contribution in [0, 0.1) is 5.41 Å². The van der Waals surface area contributed by atoms with E-state index < -0.39 is 0 Å². The molecule has 19 heavy (non-hydrogen) atoms. The van der Waals surface area contributed by atoms with Crippen molar-refractivity contribution in [1.82, 2.24) is 10.3 Å². The van der Waals surface area contributed by atoms with E-state index in [1.54, 1.807) is 12.4 Å². The largest absolute Gasteiger partial charge is 0.350 e. The van der Waals surface area contributed by atoms with Crippen LogP contribution in [-0.4, -0.2) is 16.9 Å². The topological polar surface area (TPSA) is 68.0 Å². The number of nitrogens with two attached hydrogens (primary N) is 1. The third-order valence-electron chi connectivity index (χ3n) is 2.91. The highest BCUT2D eigenvalue weighted by Crippen LogP contribution is 2.21. The fourth-order valence-corrected chi connectivity index (χ4v) is 2.13. The number of nitrogens with one attached hydrogen (secondary N) is 1. The van der Waals surface area contributed by atoms with Crippen molar-refractivity contribution in [2.24, 2.45) is 11.1 Å². The lowest BCUT2D eigenvalue weighted by molar-refractivity contribution is -0.122. The normalized spacial score (nSPS) is 14.8. The Kier molecular flexibility index (Phi) is 5.48. The maximum Gasteiger partial charge on any atom is 0.222 e. The molecule has 3 N–H and O–H groups in total. The van der Waals surface area contributed by atoms with Crippen LogP contribution in [0.4, 0.5) is 0 Å². The Balaban J connectivity index is 2.43. The predicted molar refractivity (Wildman–Crippen MR) is 77.5 cm³/mol. The molecule has 2 unspecified atom stereocenters. The summed E-state index contributed by atoms with van der Waals surface area (Å²) in [5.41, 5.74) is 7.20. The van der Waals surface area contributed by atoms with Gasteiger partial charge in [0, 0.05) is 24.9 Å². The first-order valence-electron chi connectivity index (χ1n) is 6.73. The fraction of sp³-hybridized carbons (Fsp3) is 0.600. The van der Waals surface area contributed by atoms with Gasteiger partial charge in [-0.25, -0.2) is 0 Å². The summed E-state index contributed by atoms with van der Waals surface area (Å²) in [6.45, 7) is 8.35. The first kappa shape index (κ1) is 15.6. The van der Waals surface area contributed by atoms with Crippen LogP contribution in [0.3, 0.4) is 0 Å². The zero-order valence-corrected chi connectivity index (χ0v) is 12.3. The van der Waals surface area contributed by atoms with E-state index >= 15 is 0 Å². The Morgan fingerprint density at radius 3 is 2.47 bits per heavy atom. The number of nitrogens with zero attached hydrogens (tertiary/aromatic N) is 1. The standard InChI is InChI=1S/C15H25N3O/c1-11(12-5-7-17-8-6-12)18-14(19)9-13(16)10-15(2,3)4/h5-8,11,13H,9-10,16H2,1-4H3,(H,18,19). The molecule has 1 amide bonds. The van der Waals surface area contributed by atoms with Crippen molar-refractivity contribution in [1.29, 1.82) is 0 Å². The molecule has 0 radical (unpaired) electrons. The Bertz CT molecular complexity index is 398. The minimum absolute atomic E-state index is 0.000984. The Labute approximate surface area is 115 Å². The molecule has 2 atom stereocenters. The van der Waals surface area contributed by atoms with E-state index in [-0.39, 0.29) is 23.4 Å². The SMILES string of the molecule is CC(NC(=O)CC(N)CC(C)(C)C)c1ccncc1. The van der Waals surface area contributed by atoms with Gasteiger partial charge in [-0.05, 0) is 36.5 Å². The summed E-state index contributed by atoms with van der Waals surface area (Å²) in [4.78, 5) is 15.9. The summed E-state index contributed by atoms with van der Waals surface area (Å²) >= 11 is 0. The Morgan fingerprint density at radius 1 is 1.37 bits per heavy atom. The van der Waals surface area contributed by atoms with Gasteiger partial charge in [0.25, 0.3) is 0 Å². The third kappa shape index (κ3) is 6.34. The van der Waals surface area contributed by atoms with Crippen molar-refractivity contribution in [3.63, 3.8) is 0 Å². The van der Waals surface area contributed by atoms with Gasteiger partial charge in [0.15, 0.2) is 0 Å². The molecule has 0 aliphatic carbocycles.